The van der Waals surface area contributed by atoms with Crippen molar-refractivity contribution in [2.75, 3.05) is 10.6 Å². The first-order chi connectivity index (χ1) is 27.2. The van der Waals surface area contributed by atoms with Crippen LogP contribution in [0.1, 0.15) is 0 Å². The van der Waals surface area contributed by atoms with Gasteiger partial charge in [-0.2, -0.15) is 0 Å². The average molecular weight is 704 g/mol. The maximum atomic E-state index is 3.75. The summed E-state index contributed by atoms with van der Waals surface area (Å²) in [5, 5.41) is 12.4. The molecule has 55 heavy (non-hydrogen) atoms. The van der Waals surface area contributed by atoms with E-state index in [1.165, 1.54) is 32.6 Å². The van der Waals surface area contributed by atoms with Gasteiger partial charge >= 0.3 is 0 Å². The second kappa shape index (κ2) is 13.9. The molecular formula is C52H37N3. The summed E-state index contributed by atoms with van der Waals surface area (Å²) in [7, 11) is 0. The molecule has 9 aromatic carbocycles. The number of para-hydroxylation sites is 3. The van der Waals surface area contributed by atoms with Gasteiger partial charge in [0.25, 0.3) is 0 Å². The highest BCUT2D eigenvalue weighted by atomic mass is 15.0. The Morgan fingerprint density at radius 1 is 0.309 bits per heavy atom. The molecule has 0 amide bonds. The van der Waals surface area contributed by atoms with Crippen molar-refractivity contribution in [1.29, 1.82) is 0 Å². The van der Waals surface area contributed by atoms with Crippen molar-refractivity contribution >= 4 is 55.3 Å². The van der Waals surface area contributed by atoms with E-state index in [0.29, 0.717) is 0 Å². The molecule has 10 rings (SSSR count). The van der Waals surface area contributed by atoms with Crippen LogP contribution in [0, 0.1) is 0 Å². The van der Waals surface area contributed by atoms with Gasteiger partial charge in [0.05, 0.1) is 11.0 Å². The summed E-state index contributed by atoms with van der Waals surface area (Å²) in [5.74, 6) is 0. The molecule has 2 N–H and O–H groups in total. The number of aromatic nitrogens is 1. The van der Waals surface area contributed by atoms with E-state index < -0.39 is 0 Å². The van der Waals surface area contributed by atoms with Gasteiger partial charge in [-0.05, 0) is 112 Å². The molecule has 3 nitrogen and oxygen atoms in total. The number of hydrogen-bond acceptors (Lipinski definition) is 2. The molecular weight excluding hydrogens is 667 g/mol. The molecule has 0 radical (unpaired) electrons. The number of nitrogens with one attached hydrogen (secondary N) is 2. The first kappa shape index (κ1) is 32.3. The maximum Gasteiger partial charge on any atom is 0.0541 e. The highest BCUT2D eigenvalue weighted by Crippen LogP contribution is 2.41. The largest absolute Gasteiger partial charge is 0.355 e. The Balaban J connectivity index is 1.11. The number of hydrogen-bond donors (Lipinski definition) is 2. The highest BCUT2D eigenvalue weighted by molar-refractivity contribution is 6.11. The third kappa shape index (κ3) is 6.18. The van der Waals surface area contributed by atoms with Crippen molar-refractivity contribution in [3.05, 3.63) is 212 Å². The summed E-state index contributed by atoms with van der Waals surface area (Å²) < 4.78 is 2.37. The zero-order valence-corrected chi connectivity index (χ0v) is 30.2. The molecule has 0 aliphatic carbocycles. The molecule has 0 bridgehead atoms. The molecule has 0 atom stereocenters. The fourth-order valence-electron chi connectivity index (χ4n) is 7.86. The molecule has 0 saturated carbocycles. The van der Waals surface area contributed by atoms with Gasteiger partial charge in [0.1, 0.15) is 0 Å². The average Bonchev–Trinajstić information content (AvgIpc) is 3.58. The van der Waals surface area contributed by atoms with E-state index in [2.05, 4.69) is 228 Å². The number of nitrogens with zero attached hydrogens (tertiary/aromatic N) is 1. The zero-order valence-electron chi connectivity index (χ0n) is 30.2. The molecule has 3 heteroatoms. The van der Waals surface area contributed by atoms with Crippen LogP contribution in [0.25, 0.3) is 71.6 Å². The fraction of sp³-hybridized carbons (Fsp3) is 0. The van der Waals surface area contributed by atoms with Crippen LogP contribution in [-0.2, 0) is 0 Å². The van der Waals surface area contributed by atoms with Gasteiger partial charge in [-0.1, -0.05) is 133 Å². The minimum atomic E-state index is 1.05. The van der Waals surface area contributed by atoms with Crippen molar-refractivity contribution in [3.8, 4) is 39.1 Å². The SMILES string of the molecule is c1ccc(Nc2ccc(-c3ccc(Nc4ccc5ccccc5c4)c(-c4ccccc4)c3)cc2-c2ccc3c(c2)c2ccccc2n3-c2ccccc2)cc1. The first-order valence-electron chi connectivity index (χ1n) is 18.8. The van der Waals surface area contributed by atoms with E-state index in [1.54, 1.807) is 0 Å². The van der Waals surface area contributed by atoms with Gasteiger partial charge in [-0.3, -0.25) is 0 Å². The molecule has 0 unspecified atom stereocenters. The minimum Gasteiger partial charge on any atom is -0.355 e. The number of anilines is 4. The van der Waals surface area contributed by atoms with Gasteiger partial charge in [0.2, 0.25) is 0 Å². The highest BCUT2D eigenvalue weighted by Gasteiger charge is 2.16. The van der Waals surface area contributed by atoms with Crippen LogP contribution in [0.4, 0.5) is 22.7 Å². The van der Waals surface area contributed by atoms with Crippen LogP contribution >= 0.6 is 0 Å². The van der Waals surface area contributed by atoms with Crippen LogP contribution in [0.2, 0.25) is 0 Å². The maximum absolute atomic E-state index is 3.75. The molecule has 0 aliphatic heterocycles. The Hall–Kier alpha value is -7.36. The van der Waals surface area contributed by atoms with E-state index in [1.807, 2.05) is 0 Å². The summed E-state index contributed by atoms with van der Waals surface area (Å²) in [6, 6.07) is 75.9. The Morgan fingerprint density at radius 3 is 1.62 bits per heavy atom. The van der Waals surface area contributed by atoms with Gasteiger partial charge < -0.3 is 15.2 Å². The summed E-state index contributed by atoms with van der Waals surface area (Å²) >= 11 is 0. The Labute approximate surface area is 320 Å². The monoisotopic (exact) mass is 703 g/mol. The van der Waals surface area contributed by atoms with E-state index in [4.69, 9.17) is 0 Å². The molecule has 260 valence electrons. The smallest absolute Gasteiger partial charge is 0.0541 e. The summed E-state index contributed by atoms with van der Waals surface area (Å²) in [4.78, 5) is 0. The standard InChI is InChI=1S/C52H37N3/c1-4-15-37(16-5-1)46-33-39(25-29-49(46)54-43-28-24-36-14-10-11-17-38(36)32-43)40-26-30-50(53-42-18-6-2-7-19-42)47(34-40)41-27-31-52-48(35-41)45-22-12-13-23-51(45)55(52)44-20-8-3-9-21-44/h1-35,53-54H. The lowest BCUT2D eigenvalue weighted by molar-refractivity contribution is 1.18. The number of benzene rings is 9. The van der Waals surface area contributed by atoms with E-state index in [9.17, 15) is 0 Å². The van der Waals surface area contributed by atoms with Crippen LogP contribution < -0.4 is 10.6 Å². The van der Waals surface area contributed by atoms with Gasteiger partial charge in [-0.25, -0.2) is 0 Å². The van der Waals surface area contributed by atoms with Crippen molar-refractivity contribution in [2.45, 2.75) is 0 Å². The lowest BCUT2D eigenvalue weighted by atomic mass is 9.93. The Kier molecular flexibility index (Phi) is 8.16. The lowest BCUT2D eigenvalue weighted by Gasteiger charge is -2.17. The van der Waals surface area contributed by atoms with E-state index in [-0.39, 0.29) is 0 Å². The fourth-order valence-corrected chi connectivity index (χ4v) is 7.86. The van der Waals surface area contributed by atoms with Crippen LogP contribution in [0.3, 0.4) is 0 Å². The zero-order chi connectivity index (χ0) is 36.6. The second-order valence-corrected chi connectivity index (χ2v) is 14.0. The molecule has 0 aliphatic rings. The third-order valence-corrected chi connectivity index (χ3v) is 10.5. The predicted molar refractivity (Wildman–Crippen MR) is 234 cm³/mol. The van der Waals surface area contributed by atoms with Gasteiger partial charge in [0, 0.05) is 50.3 Å². The van der Waals surface area contributed by atoms with E-state index >= 15 is 0 Å². The molecule has 1 heterocycles. The van der Waals surface area contributed by atoms with Crippen LogP contribution in [0.15, 0.2) is 212 Å². The topological polar surface area (TPSA) is 29.0 Å². The first-order valence-corrected chi connectivity index (χ1v) is 18.8. The Bertz CT molecular complexity index is 2960. The minimum absolute atomic E-state index is 1.05. The van der Waals surface area contributed by atoms with Crippen molar-refractivity contribution in [3.63, 3.8) is 0 Å². The van der Waals surface area contributed by atoms with Crippen molar-refractivity contribution in [2.24, 2.45) is 0 Å². The third-order valence-electron chi connectivity index (χ3n) is 10.5. The molecule has 1 aromatic heterocycles. The van der Waals surface area contributed by atoms with E-state index in [0.717, 1.165) is 61.8 Å². The lowest BCUT2D eigenvalue weighted by Crippen LogP contribution is -1.96. The van der Waals surface area contributed by atoms with Crippen LogP contribution in [-0.4, -0.2) is 4.57 Å². The summed E-state index contributed by atoms with van der Waals surface area (Å²) in [6.45, 7) is 0. The normalized spacial score (nSPS) is 11.3. The molecule has 10 aromatic rings. The quantitative estimate of drug-likeness (QED) is 0.165. The molecule has 0 fully saturated rings. The van der Waals surface area contributed by atoms with Crippen molar-refractivity contribution in [1.82, 2.24) is 4.57 Å². The molecule has 0 spiro atoms. The van der Waals surface area contributed by atoms with Gasteiger partial charge in [0.15, 0.2) is 0 Å². The van der Waals surface area contributed by atoms with Crippen LogP contribution in [0.5, 0.6) is 0 Å². The summed E-state index contributed by atoms with van der Waals surface area (Å²) in [6.07, 6.45) is 0. The summed E-state index contributed by atoms with van der Waals surface area (Å²) in [5.41, 5.74) is 14.7. The predicted octanol–water partition coefficient (Wildman–Crippen LogP) is 14.4. The number of fused-ring (bicyclic) bond motifs is 4. The van der Waals surface area contributed by atoms with Crippen molar-refractivity contribution < 1.29 is 0 Å². The second-order valence-electron chi connectivity index (χ2n) is 14.0. The van der Waals surface area contributed by atoms with Gasteiger partial charge in [-0.15, -0.1) is 0 Å². The Morgan fingerprint density at radius 2 is 0.873 bits per heavy atom. The molecule has 0 saturated heterocycles. The number of rotatable bonds is 8.